The zero-order valence-corrected chi connectivity index (χ0v) is 17.5. The van der Waals surface area contributed by atoms with Crippen molar-refractivity contribution in [1.29, 1.82) is 0 Å². The summed E-state index contributed by atoms with van der Waals surface area (Å²) in [4.78, 5) is 38.1. The first-order chi connectivity index (χ1) is 13.1. The lowest BCUT2D eigenvalue weighted by molar-refractivity contribution is -0.162. The van der Waals surface area contributed by atoms with Gasteiger partial charge >= 0.3 is 11.9 Å². The molecular weight excluding hydrogens is 366 g/mol. The first kappa shape index (κ1) is 24.4. The summed E-state index contributed by atoms with van der Waals surface area (Å²) in [6.45, 7) is 7.72. The predicted molar refractivity (Wildman–Crippen MR) is 102 cm³/mol. The van der Waals surface area contributed by atoms with Crippen molar-refractivity contribution in [3.8, 4) is 0 Å². The van der Waals surface area contributed by atoms with E-state index in [0.29, 0.717) is 38.8 Å². The van der Waals surface area contributed by atoms with E-state index >= 15 is 0 Å². The van der Waals surface area contributed by atoms with Gasteiger partial charge in [-0.1, -0.05) is 6.92 Å². The SMILES string of the molecule is CCC(C)(CCC(C)(C)C(=O)OCCN1CCCC1=O)C(=O)OCC(O)CO. The van der Waals surface area contributed by atoms with Gasteiger partial charge in [-0.15, -0.1) is 0 Å². The number of esters is 2. The Balaban J connectivity index is 2.49. The van der Waals surface area contributed by atoms with Gasteiger partial charge in [0.05, 0.1) is 24.0 Å². The first-order valence-electron chi connectivity index (χ1n) is 9.97. The van der Waals surface area contributed by atoms with Crippen LogP contribution in [0.1, 0.15) is 59.8 Å². The van der Waals surface area contributed by atoms with Crippen molar-refractivity contribution < 1.29 is 34.1 Å². The smallest absolute Gasteiger partial charge is 0.311 e. The molecule has 2 N–H and O–H groups in total. The Hall–Kier alpha value is -1.67. The van der Waals surface area contributed by atoms with Gasteiger partial charge in [-0.3, -0.25) is 14.4 Å². The topological polar surface area (TPSA) is 113 Å². The molecule has 1 aliphatic rings. The van der Waals surface area contributed by atoms with E-state index in [2.05, 4.69) is 0 Å². The molecule has 1 aliphatic heterocycles. The van der Waals surface area contributed by atoms with Gasteiger partial charge in [0.1, 0.15) is 19.3 Å². The molecule has 1 saturated heterocycles. The van der Waals surface area contributed by atoms with Gasteiger partial charge < -0.3 is 24.6 Å². The van der Waals surface area contributed by atoms with Crippen molar-refractivity contribution in [1.82, 2.24) is 4.90 Å². The average molecular weight is 402 g/mol. The number of ether oxygens (including phenoxy) is 2. The summed E-state index contributed by atoms with van der Waals surface area (Å²) in [5, 5.41) is 18.2. The van der Waals surface area contributed by atoms with E-state index in [0.717, 1.165) is 6.42 Å². The monoisotopic (exact) mass is 401 g/mol. The van der Waals surface area contributed by atoms with Crippen molar-refractivity contribution in [2.45, 2.75) is 65.9 Å². The molecule has 8 heteroatoms. The number of amides is 1. The van der Waals surface area contributed by atoms with Crippen molar-refractivity contribution >= 4 is 17.8 Å². The van der Waals surface area contributed by atoms with Gasteiger partial charge in [0.25, 0.3) is 0 Å². The minimum atomic E-state index is -1.10. The molecule has 1 fully saturated rings. The van der Waals surface area contributed by atoms with Gasteiger partial charge in [0, 0.05) is 13.0 Å². The zero-order valence-electron chi connectivity index (χ0n) is 17.5. The van der Waals surface area contributed by atoms with E-state index in [1.165, 1.54) is 0 Å². The third kappa shape index (κ3) is 7.05. The molecule has 0 aromatic heterocycles. The Morgan fingerprint density at radius 2 is 1.86 bits per heavy atom. The van der Waals surface area contributed by atoms with Crippen LogP contribution in [-0.2, 0) is 23.9 Å². The highest BCUT2D eigenvalue weighted by molar-refractivity contribution is 5.79. The fourth-order valence-electron chi connectivity index (χ4n) is 2.90. The molecule has 0 bridgehead atoms. The lowest BCUT2D eigenvalue weighted by Gasteiger charge is -2.30. The van der Waals surface area contributed by atoms with Crippen LogP contribution in [-0.4, -0.2) is 72.0 Å². The van der Waals surface area contributed by atoms with Crippen molar-refractivity contribution in [3.05, 3.63) is 0 Å². The number of aliphatic hydroxyl groups excluding tert-OH is 2. The van der Waals surface area contributed by atoms with Gasteiger partial charge in [0.2, 0.25) is 5.91 Å². The van der Waals surface area contributed by atoms with Crippen LogP contribution < -0.4 is 0 Å². The van der Waals surface area contributed by atoms with Crippen LogP contribution in [0.25, 0.3) is 0 Å². The molecule has 2 unspecified atom stereocenters. The molecule has 162 valence electrons. The standard InChI is InChI=1S/C20H35NO7/c1-5-20(4,18(26)28-14-15(23)13-22)9-8-19(2,3)17(25)27-12-11-21-10-6-7-16(21)24/h15,22-23H,5-14H2,1-4H3. The fourth-order valence-corrected chi connectivity index (χ4v) is 2.90. The molecule has 1 amide bonds. The van der Waals surface area contributed by atoms with E-state index < -0.39 is 29.5 Å². The number of hydrogen-bond donors (Lipinski definition) is 2. The molecule has 0 aromatic rings. The van der Waals surface area contributed by atoms with Crippen LogP contribution in [0.3, 0.4) is 0 Å². The summed E-state index contributed by atoms with van der Waals surface area (Å²) in [5.74, 6) is -0.722. The van der Waals surface area contributed by atoms with Gasteiger partial charge in [-0.25, -0.2) is 0 Å². The Bertz CT molecular complexity index is 549. The summed E-state index contributed by atoms with van der Waals surface area (Å²) in [7, 11) is 0. The van der Waals surface area contributed by atoms with E-state index in [1.807, 2.05) is 6.92 Å². The van der Waals surface area contributed by atoms with Gasteiger partial charge in [-0.05, 0) is 46.5 Å². The fraction of sp³-hybridized carbons (Fsp3) is 0.850. The van der Waals surface area contributed by atoms with E-state index in [1.54, 1.807) is 25.7 Å². The number of carbonyl (C=O) groups excluding carboxylic acids is 3. The number of carbonyl (C=O) groups is 3. The maximum absolute atomic E-state index is 12.4. The molecule has 0 aliphatic carbocycles. The molecule has 8 nitrogen and oxygen atoms in total. The maximum Gasteiger partial charge on any atom is 0.311 e. The molecule has 2 atom stereocenters. The summed E-state index contributed by atoms with van der Waals surface area (Å²) >= 11 is 0. The summed E-state index contributed by atoms with van der Waals surface area (Å²) in [6.07, 6.45) is 1.67. The maximum atomic E-state index is 12.4. The van der Waals surface area contributed by atoms with E-state index in [9.17, 15) is 19.5 Å². The highest BCUT2D eigenvalue weighted by Crippen LogP contribution is 2.35. The van der Waals surface area contributed by atoms with Crippen LogP contribution >= 0.6 is 0 Å². The molecule has 28 heavy (non-hydrogen) atoms. The van der Waals surface area contributed by atoms with E-state index in [4.69, 9.17) is 14.6 Å². The molecular formula is C20H35NO7. The largest absolute Gasteiger partial charge is 0.463 e. The second-order valence-electron chi connectivity index (χ2n) is 8.35. The van der Waals surface area contributed by atoms with Crippen LogP contribution in [0, 0.1) is 10.8 Å². The summed E-state index contributed by atoms with van der Waals surface area (Å²) in [6, 6.07) is 0. The zero-order chi connectivity index (χ0) is 21.4. The van der Waals surface area contributed by atoms with Crippen molar-refractivity contribution in [2.24, 2.45) is 10.8 Å². The van der Waals surface area contributed by atoms with Gasteiger partial charge in [0.15, 0.2) is 0 Å². The molecule has 1 heterocycles. The average Bonchev–Trinajstić information content (AvgIpc) is 3.08. The Morgan fingerprint density at radius 1 is 1.18 bits per heavy atom. The highest BCUT2D eigenvalue weighted by Gasteiger charge is 2.38. The Kier molecular flexibility index (Phi) is 9.36. The van der Waals surface area contributed by atoms with Crippen LogP contribution in [0.15, 0.2) is 0 Å². The van der Waals surface area contributed by atoms with E-state index in [-0.39, 0.29) is 25.1 Å². The molecule has 0 aromatic carbocycles. The molecule has 1 rings (SSSR count). The van der Waals surface area contributed by atoms with Gasteiger partial charge in [-0.2, -0.15) is 0 Å². The number of aliphatic hydroxyl groups is 2. The molecule has 0 saturated carbocycles. The second kappa shape index (κ2) is 10.8. The minimum absolute atomic E-state index is 0.0962. The van der Waals surface area contributed by atoms with Crippen LogP contribution in [0.5, 0.6) is 0 Å². The van der Waals surface area contributed by atoms with Crippen molar-refractivity contribution in [2.75, 3.05) is 32.9 Å². The van der Waals surface area contributed by atoms with Crippen LogP contribution in [0.2, 0.25) is 0 Å². The Morgan fingerprint density at radius 3 is 2.39 bits per heavy atom. The number of likely N-dealkylation sites (tertiary alicyclic amines) is 1. The lowest BCUT2D eigenvalue weighted by atomic mass is 9.76. The third-order valence-corrected chi connectivity index (χ3v) is 5.51. The number of nitrogens with zero attached hydrogens (tertiary/aromatic N) is 1. The number of hydrogen-bond acceptors (Lipinski definition) is 7. The minimum Gasteiger partial charge on any atom is -0.463 e. The number of rotatable bonds is 12. The summed E-state index contributed by atoms with van der Waals surface area (Å²) in [5.41, 5.74) is -1.58. The Labute approximate surface area is 167 Å². The quantitative estimate of drug-likeness (QED) is 0.473. The first-order valence-corrected chi connectivity index (χ1v) is 9.97. The summed E-state index contributed by atoms with van der Waals surface area (Å²) < 4.78 is 10.5. The second-order valence-corrected chi connectivity index (χ2v) is 8.35. The highest BCUT2D eigenvalue weighted by atomic mass is 16.5. The normalized spacial score (nSPS) is 17.9. The molecule has 0 spiro atoms. The third-order valence-electron chi connectivity index (χ3n) is 5.51. The van der Waals surface area contributed by atoms with Crippen LogP contribution in [0.4, 0.5) is 0 Å². The van der Waals surface area contributed by atoms with Crippen molar-refractivity contribution in [3.63, 3.8) is 0 Å². The molecule has 0 radical (unpaired) electrons. The lowest BCUT2D eigenvalue weighted by Crippen LogP contribution is -2.36. The predicted octanol–water partition coefficient (Wildman–Crippen LogP) is 1.27.